The molecule has 0 saturated carbocycles. The number of amides is 2. The second kappa shape index (κ2) is 13.6. The van der Waals surface area contributed by atoms with Gasteiger partial charge in [0.15, 0.2) is 0 Å². The standard InChI is InChI=1S/C31H39N3O7S/c1-22(30(36)32-31(2,3)4)33(20-23-11-10-12-25(19-23)40-6)29(35)21-34(27-13-8-9-14-28(27)41-7)42(37,38)26-17-15-24(39-5)16-18-26/h8-19,22H,20-21H2,1-7H3,(H,32,36)/t22-/m1/s1. The fourth-order valence-electron chi connectivity index (χ4n) is 4.25. The maximum absolute atomic E-state index is 14.1. The predicted molar refractivity (Wildman–Crippen MR) is 161 cm³/mol. The summed E-state index contributed by atoms with van der Waals surface area (Å²) in [6.45, 7) is 6.59. The molecule has 42 heavy (non-hydrogen) atoms. The summed E-state index contributed by atoms with van der Waals surface area (Å²) in [5, 5.41) is 2.91. The lowest BCUT2D eigenvalue weighted by Gasteiger charge is -2.33. The van der Waals surface area contributed by atoms with E-state index < -0.39 is 34.1 Å². The van der Waals surface area contributed by atoms with Gasteiger partial charge in [0.25, 0.3) is 10.0 Å². The van der Waals surface area contributed by atoms with Crippen molar-refractivity contribution in [3.8, 4) is 17.2 Å². The van der Waals surface area contributed by atoms with Gasteiger partial charge in [0.1, 0.15) is 29.8 Å². The van der Waals surface area contributed by atoms with Crippen molar-refractivity contribution in [3.63, 3.8) is 0 Å². The average Bonchev–Trinajstić information content (AvgIpc) is 2.97. The number of hydrogen-bond donors (Lipinski definition) is 1. The van der Waals surface area contributed by atoms with Crippen LogP contribution in [0.4, 0.5) is 5.69 Å². The quantitative estimate of drug-likeness (QED) is 0.332. The number of carbonyl (C=O) groups is 2. The number of rotatable bonds is 12. The number of ether oxygens (including phenoxy) is 3. The molecule has 2 amide bonds. The molecule has 0 heterocycles. The van der Waals surface area contributed by atoms with Crippen LogP contribution in [0.1, 0.15) is 33.3 Å². The van der Waals surface area contributed by atoms with Gasteiger partial charge in [-0.25, -0.2) is 8.42 Å². The molecule has 0 aliphatic heterocycles. The lowest BCUT2D eigenvalue weighted by atomic mass is 10.1. The molecule has 0 spiro atoms. The molecule has 3 aromatic carbocycles. The highest BCUT2D eigenvalue weighted by Crippen LogP contribution is 2.33. The Balaban J connectivity index is 2.09. The zero-order valence-corrected chi connectivity index (χ0v) is 25.9. The normalized spacial score (nSPS) is 12.2. The van der Waals surface area contributed by atoms with Crippen LogP contribution in [0.3, 0.4) is 0 Å². The Morgan fingerprint density at radius 2 is 1.50 bits per heavy atom. The zero-order valence-electron chi connectivity index (χ0n) is 25.1. The Hall–Kier alpha value is -4.25. The third-order valence-corrected chi connectivity index (χ3v) is 8.21. The summed E-state index contributed by atoms with van der Waals surface area (Å²) >= 11 is 0. The molecular weight excluding hydrogens is 558 g/mol. The van der Waals surface area contributed by atoms with Crippen LogP contribution in [0.2, 0.25) is 0 Å². The van der Waals surface area contributed by atoms with E-state index in [1.165, 1.54) is 50.5 Å². The Labute approximate surface area is 248 Å². The molecule has 0 bridgehead atoms. The molecule has 1 atom stereocenters. The first-order chi connectivity index (χ1) is 19.8. The molecule has 11 heteroatoms. The van der Waals surface area contributed by atoms with Gasteiger partial charge in [-0.2, -0.15) is 0 Å². The van der Waals surface area contributed by atoms with Gasteiger partial charge in [-0.05, 0) is 81.8 Å². The van der Waals surface area contributed by atoms with E-state index in [9.17, 15) is 18.0 Å². The number of para-hydroxylation sites is 2. The van der Waals surface area contributed by atoms with Gasteiger partial charge in [0, 0.05) is 12.1 Å². The van der Waals surface area contributed by atoms with Crippen molar-refractivity contribution < 1.29 is 32.2 Å². The molecule has 1 N–H and O–H groups in total. The summed E-state index contributed by atoms with van der Waals surface area (Å²) in [5.41, 5.74) is 0.342. The second-order valence-corrected chi connectivity index (χ2v) is 12.5. The lowest BCUT2D eigenvalue weighted by Crippen LogP contribution is -2.54. The summed E-state index contributed by atoms with van der Waals surface area (Å²) in [6, 6.07) is 18.6. The van der Waals surface area contributed by atoms with E-state index in [-0.39, 0.29) is 28.8 Å². The van der Waals surface area contributed by atoms with Crippen LogP contribution in [0, 0.1) is 0 Å². The fraction of sp³-hybridized carbons (Fsp3) is 0.355. The Morgan fingerprint density at radius 3 is 2.10 bits per heavy atom. The first kappa shape index (κ1) is 32.3. The topological polar surface area (TPSA) is 114 Å². The summed E-state index contributed by atoms with van der Waals surface area (Å²) < 4.78 is 45.1. The fourth-order valence-corrected chi connectivity index (χ4v) is 5.67. The van der Waals surface area contributed by atoms with Crippen molar-refractivity contribution in [1.29, 1.82) is 0 Å². The van der Waals surface area contributed by atoms with Gasteiger partial charge in [-0.15, -0.1) is 0 Å². The summed E-state index contributed by atoms with van der Waals surface area (Å²) in [4.78, 5) is 28.7. The molecule has 3 rings (SSSR count). The molecule has 10 nitrogen and oxygen atoms in total. The van der Waals surface area contributed by atoms with Crippen LogP contribution >= 0.6 is 0 Å². The van der Waals surface area contributed by atoms with Crippen LogP contribution in [-0.2, 0) is 26.2 Å². The van der Waals surface area contributed by atoms with Crippen molar-refractivity contribution in [2.45, 2.75) is 50.7 Å². The Kier molecular flexibility index (Phi) is 10.5. The predicted octanol–water partition coefficient (Wildman–Crippen LogP) is 4.24. The molecule has 0 fully saturated rings. The number of methoxy groups -OCH3 is 3. The number of sulfonamides is 1. The van der Waals surface area contributed by atoms with E-state index in [0.29, 0.717) is 17.1 Å². The van der Waals surface area contributed by atoms with Gasteiger partial charge >= 0.3 is 0 Å². The number of benzene rings is 3. The minimum atomic E-state index is -4.27. The minimum Gasteiger partial charge on any atom is -0.497 e. The largest absolute Gasteiger partial charge is 0.497 e. The van der Waals surface area contributed by atoms with Crippen molar-refractivity contribution in [2.75, 3.05) is 32.2 Å². The zero-order chi connectivity index (χ0) is 31.1. The van der Waals surface area contributed by atoms with E-state index in [0.717, 1.165) is 4.31 Å². The van der Waals surface area contributed by atoms with E-state index in [2.05, 4.69) is 5.32 Å². The molecule has 0 radical (unpaired) electrons. The lowest BCUT2D eigenvalue weighted by molar-refractivity contribution is -0.140. The highest BCUT2D eigenvalue weighted by atomic mass is 32.2. The van der Waals surface area contributed by atoms with Gasteiger partial charge in [-0.1, -0.05) is 24.3 Å². The monoisotopic (exact) mass is 597 g/mol. The number of anilines is 1. The summed E-state index contributed by atoms with van der Waals surface area (Å²) in [6.07, 6.45) is 0. The third kappa shape index (κ3) is 7.94. The number of hydrogen-bond acceptors (Lipinski definition) is 7. The van der Waals surface area contributed by atoms with Gasteiger partial charge in [0.05, 0.1) is 31.9 Å². The van der Waals surface area contributed by atoms with E-state index in [1.54, 1.807) is 49.4 Å². The Bertz CT molecular complexity index is 1480. The van der Waals surface area contributed by atoms with Crippen molar-refractivity contribution in [1.82, 2.24) is 10.2 Å². The van der Waals surface area contributed by atoms with Crippen LogP contribution in [-0.4, -0.2) is 64.6 Å². The van der Waals surface area contributed by atoms with Crippen molar-refractivity contribution in [2.24, 2.45) is 0 Å². The van der Waals surface area contributed by atoms with Crippen LogP contribution in [0.5, 0.6) is 17.2 Å². The first-order valence-corrected chi connectivity index (χ1v) is 14.8. The minimum absolute atomic E-state index is 0.0388. The number of nitrogens with zero attached hydrogens (tertiary/aromatic N) is 2. The summed E-state index contributed by atoms with van der Waals surface area (Å²) in [7, 11) is 0.176. The second-order valence-electron chi connectivity index (χ2n) is 10.6. The van der Waals surface area contributed by atoms with Gasteiger partial charge < -0.3 is 24.4 Å². The number of carbonyl (C=O) groups excluding carboxylic acids is 2. The van der Waals surface area contributed by atoms with Crippen molar-refractivity contribution in [3.05, 3.63) is 78.4 Å². The Morgan fingerprint density at radius 1 is 0.857 bits per heavy atom. The average molecular weight is 598 g/mol. The summed E-state index contributed by atoms with van der Waals surface area (Å²) in [5.74, 6) is 0.375. The van der Waals surface area contributed by atoms with Gasteiger partial charge in [0.2, 0.25) is 11.8 Å². The van der Waals surface area contributed by atoms with Crippen molar-refractivity contribution >= 4 is 27.5 Å². The van der Waals surface area contributed by atoms with E-state index >= 15 is 0 Å². The molecule has 226 valence electrons. The molecule has 0 aromatic heterocycles. The molecule has 0 aliphatic carbocycles. The smallest absolute Gasteiger partial charge is 0.264 e. The molecule has 0 unspecified atom stereocenters. The molecular formula is C31H39N3O7S. The SMILES string of the molecule is COc1ccc(S(=O)(=O)N(CC(=O)N(Cc2cccc(OC)c2)[C@H](C)C(=O)NC(C)(C)C)c2ccccc2OC)cc1. The number of nitrogens with one attached hydrogen (secondary N) is 1. The molecule has 0 saturated heterocycles. The first-order valence-electron chi connectivity index (χ1n) is 13.3. The van der Waals surface area contributed by atoms with Crippen LogP contribution in [0.15, 0.2) is 77.7 Å². The highest BCUT2D eigenvalue weighted by Gasteiger charge is 2.34. The van der Waals surface area contributed by atoms with E-state index in [1.807, 2.05) is 26.8 Å². The third-order valence-electron chi connectivity index (χ3n) is 6.43. The van der Waals surface area contributed by atoms with Crippen LogP contribution in [0.25, 0.3) is 0 Å². The van der Waals surface area contributed by atoms with Crippen LogP contribution < -0.4 is 23.8 Å². The molecule has 0 aliphatic rings. The highest BCUT2D eigenvalue weighted by molar-refractivity contribution is 7.92. The van der Waals surface area contributed by atoms with E-state index in [4.69, 9.17) is 14.2 Å². The maximum Gasteiger partial charge on any atom is 0.264 e. The van der Waals surface area contributed by atoms with Gasteiger partial charge in [-0.3, -0.25) is 13.9 Å². The molecule has 3 aromatic rings. The maximum atomic E-state index is 14.1.